The summed E-state index contributed by atoms with van der Waals surface area (Å²) in [6.45, 7) is 6.28. The van der Waals surface area contributed by atoms with Gasteiger partial charge in [-0.05, 0) is 36.5 Å². The van der Waals surface area contributed by atoms with Crippen LogP contribution in [0.5, 0.6) is 5.75 Å². The van der Waals surface area contributed by atoms with E-state index in [0.29, 0.717) is 18.9 Å². The molecule has 1 N–H and O–H groups in total. The van der Waals surface area contributed by atoms with E-state index in [1.807, 2.05) is 12.1 Å². The van der Waals surface area contributed by atoms with Gasteiger partial charge in [-0.1, -0.05) is 26.0 Å². The molecular formula is C14H23NO3S. The second-order valence-corrected chi connectivity index (χ2v) is 6.87. The molecule has 0 radical (unpaired) electrons. The maximum Gasteiger partial charge on any atom is 0.211 e. The smallest absolute Gasteiger partial charge is 0.211 e. The van der Waals surface area contributed by atoms with Gasteiger partial charge in [-0.25, -0.2) is 13.1 Å². The maximum atomic E-state index is 11.4. The summed E-state index contributed by atoms with van der Waals surface area (Å²) in [5.41, 5.74) is 2.27. The Hall–Kier alpha value is -1.07. The Kier molecular flexibility index (Phi) is 5.82. The summed E-state index contributed by atoms with van der Waals surface area (Å²) in [6, 6.07) is 6.08. The highest BCUT2D eigenvalue weighted by molar-refractivity contribution is 7.89. The molecule has 0 amide bonds. The van der Waals surface area contributed by atoms with Crippen LogP contribution in [0, 0.1) is 0 Å². The third-order valence-electron chi connectivity index (χ3n) is 3.07. The molecule has 0 atom stereocenters. The zero-order valence-corrected chi connectivity index (χ0v) is 12.9. The van der Waals surface area contributed by atoms with Gasteiger partial charge in [0.15, 0.2) is 0 Å². The zero-order chi connectivity index (χ0) is 14.5. The first kappa shape index (κ1) is 16.0. The van der Waals surface area contributed by atoms with Gasteiger partial charge < -0.3 is 4.74 Å². The number of benzene rings is 1. The molecule has 0 fully saturated rings. The fraction of sp³-hybridized carbons (Fsp3) is 0.571. The molecular weight excluding hydrogens is 262 g/mol. The lowest BCUT2D eigenvalue weighted by molar-refractivity contribution is 0.409. The molecule has 0 aliphatic carbocycles. The van der Waals surface area contributed by atoms with E-state index in [1.54, 1.807) is 14.0 Å². The highest BCUT2D eigenvalue weighted by Crippen LogP contribution is 2.24. The Morgan fingerprint density at radius 3 is 2.53 bits per heavy atom. The molecule has 0 saturated carbocycles. The average molecular weight is 285 g/mol. The van der Waals surface area contributed by atoms with Gasteiger partial charge in [0, 0.05) is 6.54 Å². The second kappa shape index (κ2) is 6.91. The second-order valence-electron chi connectivity index (χ2n) is 4.77. The van der Waals surface area contributed by atoms with Gasteiger partial charge in [-0.15, -0.1) is 0 Å². The molecule has 0 aromatic heterocycles. The van der Waals surface area contributed by atoms with E-state index in [1.165, 1.54) is 5.56 Å². The molecule has 1 aromatic rings. The van der Waals surface area contributed by atoms with Crippen LogP contribution in [-0.4, -0.2) is 27.8 Å². The average Bonchev–Trinajstić information content (AvgIpc) is 2.38. The largest absolute Gasteiger partial charge is 0.496 e. The van der Waals surface area contributed by atoms with Crippen molar-refractivity contribution in [2.24, 2.45) is 0 Å². The van der Waals surface area contributed by atoms with Crippen LogP contribution in [0.3, 0.4) is 0 Å². The first-order valence-corrected chi connectivity index (χ1v) is 8.19. The molecule has 1 aromatic carbocycles. The minimum Gasteiger partial charge on any atom is -0.496 e. The molecule has 0 heterocycles. The maximum absolute atomic E-state index is 11.4. The van der Waals surface area contributed by atoms with E-state index in [9.17, 15) is 8.42 Å². The van der Waals surface area contributed by atoms with Crippen molar-refractivity contribution in [3.8, 4) is 5.75 Å². The predicted molar refractivity (Wildman–Crippen MR) is 78.3 cm³/mol. The Labute approximate surface area is 116 Å². The van der Waals surface area contributed by atoms with Gasteiger partial charge >= 0.3 is 0 Å². The van der Waals surface area contributed by atoms with Crippen LogP contribution >= 0.6 is 0 Å². The first-order valence-electron chi connectivity index (χ1n) is 6.53. The monoisotopic (exact) mass is 285 g/mol. The number of rotatable bonds is 7. The van der Waals surface area contributed by atoms with Gasteiger partial charge in [-0.3, -0.25) is 0 Å². The Morgan fingerprint density at radius 1 is 1.32 bits per heavy atom. The van der Waals surface area contributed by atoms with Crippen LogP contribution in [0.4, 0.5) is 0 Å². The van der Waals surface area contributed by atoms with Crippen LogP contribution in [0.25, 0.3) is 0 Å². The minimum atomic E-state index is -3.13. The quantitative estimate of drug-likeness (QED) is 0.836. The summed E-state index contributed by atoms with van der Waals surface area (Å²) >= 11 is 0. The van der Waals surface area contributed by atoms with Gasteiger partial charge in [-0.2, -0.15) is 0 Å². The number of hydrogen-bond acceptors (Lipinski definition) is 3. The van der Waals surface area contributed by atoms with Crippen molar-refractivity contribution in [3.05, 3.63) is 29.3 Å². The molecule has 1 rings (SSSR count). The summed E-state index contributed by atoms with van der Waals surface area (Å²) in [5, 5.41) is 0. The predicted octanol–water partition coefficient (Wildman–Crippen LogP) is 2.30. The van der Waals surface area contributed by atoms with Gasteiger partial charge in [0.25, 0.3) is 0 Å². The number of ether oxygens (including phenoxy) is 1. The third kappa shape index (κ3) is 4.84. The lowest BCUT2D eigenvalue weighted by atomic mass is 9.99. The molecule has 0 bridgehead atoms. The highest BCUT2D eigenvalue weighted by Gasteiger charge is 2.09. The van der Waals surface area contributed by atoms with Crippen molar-refractivity contribution in [3.63, 3.8) is 0 Å². The highest BCUT2D eigenvalue weighted by atomic mass is 32.2. The molecule has 5 heteroatoms. The van der Waals surface area contributed by atoms with E-state index in [4.69, 9.17) is 4.74 Å². The third-order valence-corrected chi connectivity index (χ3v) is 4.47. The Balaban J connectivity index is 2.78. The number of methoxy groups -OCH3 is 1. The van der Waals surface area contributed by atoms with Crippen LogP contribution in [0.1, 0.15) is 37.8 Å². The molecule has 0 aliphatic rings. The van der Waals surface area contributed by atoms with Crippen molar-refractivity contribution in [1.82, 2.24) is 4.72 Å². The number of sulfonamides is 1. The van der Waals surface area contributed by atoms with Crippen LogP contribution in [-0.2, 0) is 16.4 Å². The summed E-state index contributed by atoms with van der Waals surface area (Å²) in [4.78, 5) is 0. The SMILES string of the molecule is CCS(=O)(=O)NCCc1cc(C(C)C)ccc1OC. The molecule has 108 valence electrons. The fourth-order valence-electron chi connectivity index (χ4n) is 1.80. The fourth-order valence-corrected chi connectivity index (χ4v) is 2.41. The molecule has 0 spiro atoms. The molecule has 19 heavy (non-hydrogen) atoms. The van der Waals surface area contributed by atoms with E-state index in [2.05, 4.69) is 24.6 Å². The van der Waals surface area contributed by atoms with E-state index >= 15 is 0 Å². The van der Waals surface area contributed by atoms with Crippen LogP contribution in [0.15, 0.2) is 18.2 Å². The summed E-state index contributed by atoms with van der Waals surface area (Å²) in [5.74, 6) is 1.35. The van der Waals surface area contributed by atoms with E-state index < -0.39 is 10.0 Å². The first-order chi connectivity index (χ1) is 8.89. The lowest BCUT2D eigenvalue weighted by Crippen LogP contribution is -2.27. The molecule has 4 nitrogen and oxygen atoms in total. The summed E-state index contributed by atoms with van der Waals surface area (Å²) < 4.78 is 30.6. The standard InChI is InChI=1S/C14H23NO3S/c1-5-19(16,17)15-9-8-13-10-12(11(2)3)6-7-14(13)18-4/h6-7,10-11,15H,5,8-9H2,1-4H3. The van der Waals surface area contributed by atoms with E-state index in [-0.39, 0.29) is 5.75 Å². The van der Waals surface area contributed by atoms with Crippen molar-refractivity contribution < 1.29 is 13.2 Å². The normalized spacial score (nSPS) is 11.8. The lowest BCUT2D eigenvalue weighted by Gasteiger charge is -2.13. The molecule has 0 saturated heterocycles. The van der Waals surface area contributed by atoms with Crippen molar-refractivity contribution in [2.45, 2.75) is 33.1 Å². The van der Waals surface area contributed by atoms with Crippen molar-refractivity contribution in [2.75, 3.05) is 19.4 Å². The molecule has 0 aliphatic heterocycles. The Morgan fingerprint density at radius 2 is 2.00 bits per heavy atom. The number of hydrogen-bond donors (Lipinski definition) is 1. The minimum absolute atomic E-state index is 0.107. The van der Waals surface area contributed by atoms with Crippen LogP contribution in [0.2, 0.25) is 0 Å². The zero-order valence-electron chi connectivity index (χ0n) is 12.1. The van der Waals surface area contributed by atoms with E-state index in [0.717, 1.165) is 11.3 Å². The van der Waals surface area contributed by atoms with Gasteiger partial charge in [0.1, 0.15) is 5.75 Å². The topological polar surface area (TPSA) is 55.4 Å². The summed E-state index contributed by atoms with van der Waals surface area (Å²) in [6.07, 6.45) is 0.628. The number of nitrogens with one attached hydrogen (secondary N) is 1. The van der Waals surface area contributed by atoms with Gasteiger partial charge in [0.2, 0.25) is 10.0 Å². The summed E-state index contributed by atoms with van der Waals surface area (Å²) in [7, 11) is -1.50. The molecule has 0 unspecified atom stereocenters. The van der Waals surface area contributed by atoms with Gasteiger partial charge in [0.05, 0.1) is 12.9 Å². The van der Waals surface area contributed by atoms with Crippen LogP contribution < -0.4 is 9.46 Å². The van der Waals surface area contributed by atoms with Crippen molar-refractivity contribution in [1.29, 1.82) is 0 Å². The van der Waals surface area contributed by atoms with Crippen molar-refractivity contribution >= 4 is 10.0 Å². The Bertz CT molecular complexity index is 509.